The molecule has 2 heterocycles. The molecule has 3 rings (SSSR count). The Morgan fingerprint density at radius 1 is 1.07 bits per heavy atom. The number of ether oxygens (including phenoxy) is 1. The Hall–Kier alpha value is -2.38. The molecule has 1 aromatic heterocycles. The van der Waals surface area contributed by atoms with E-state index in [2.05, 4.69) is 27.7 Å². The molecule has 0 spiro atoms. The Bertz CT molecular complexity index is 805. The van der Waals surface area contributed by atoms with Crippen molar-refractivity contribution in [2.45, 2.75) is 39.5 Å². The largest absolute Gasteiger partial charge is 0.444 e. The third-order valence-electron chi connectivity index (χ3n) is 4.66. The molecule has 1 aromatic carbocycles. The maximum absolute atomic E-state index is 12.8. The second-order valence-corrected chi connectivity index (χ2v) is 9.23. The van der Waals surface area contributed by atoms with E-state index in [1.54, 1.807) is 11.3 Å². The van der Waals surface area contributed by atoms with E-state index in [9.17, 15) is 9.59 Å². The quantitative estimate of drug-likeness (QED) is 0.808. The van der Waals surface area contributed by atoms with E-state index < -0.39 is 11.7 Å². The summed E-state index contributed by atoms with van der Waals surface area (Å²) in [7, 11) is 0. The summed E-state index contributed by atoms with van der Waals surface area (Å²) in [5, 5.41) is 4.83. The van der Waals surface area contributed by atoms with Crippen LogP contribution in [0.1, 0.15) is 41.6 Å². The number of hydrogen-bond donors (Lipinski definition) is 1. The Morgan fingerprint density at radius 3 is 2.34 bits per heavy atom. The fourth-order valence-corrected chi connectivity index (χ4v) is 3.91. The zero-order valence-corrected chi connectivity index (χ0v) is 18.1. The first-order valence-electron chi connectivity index (χ1n) is 9.90. The highest BCUT2D eigenvalue weighted by Crippen LogP contribution is 2.15. The van der Waals surface area contributed by atoms with Crippen LogP contribution in [-0.2, 0) is 17.8 Å². The lowest BCUT2D eigenvalue weighted by molar-refractivity contribution is 0.0522. The van der Waals surface area contributed by atoms with E-state index >= 15 is 0 Å². The van der Waals surface area contributed by atoms with Crippen LogP contribution in [0, 0.1) is 0 Å². The Morgan fingerprint density at radius 2 is 1.76 bits per heavy atom. The third kappa shape index (κ3) is 6.58. The average molecular weight is 416 g/mol. The summed E-state index contributed by atoms with van der Waals surface area (Å²) in [6.07, 6.45) is -0.446. The third-order valence-corrected chi connectivity index (χ3v) is 5.52. The number of rotatable bonds is 5. The molecule has 0 aliphatic carbocycles. The Kier molecular flexibility index (Phi) is 6.92. The van der Waals surface area contributed by atoms with E-state index in [-0.39, 0.29) is 5.91 Å². The lowest BCUT2D eigenvalue weighted by Crippen LogP contribution is -2.48. The van der Waals surface area contributed by atoms with Gasteiger partial charge in [-0.1, -0.05) is 18.2 Å². The van der Waals surface area contributed by atoms with Crippen molar-refractivity contribution < 1.29 is 14.3 Å². The van der Waals surface area contributed by atoms with Crippen molar-refractivity contribution in [2.75, 3.05) is 26.2 Å². The van der Waals surface area contributed by atoms with Gasteiger partial charge >= 0.3 is 6.09 Å². The van der Waals surface area contributed by atoms with Gasteiger partial charge in [0.15, 0.2) is 0 Å². The molecule has 29 heavy (non-hydrogen) atoms. The minimum Gasteiger partial charge on any atom is -0.444 e. The number of amides is 2. The molecule has 7 heteroatoms. The van der Waals surface area contributed by atoms with E-state index in [1.165, 1.54) is 4.88 Å². The lowest BCUT2D eigenvalue weighted by Gasteiger charge is -2.34. The number of nitrogens with zero attached hydrogens (tertiary/aromatic N) is 2. The van der Waals surface area contributed by atoms with Crippen molar-refractivity contribution in [3.8, 4) is 0 Å². The van der Waals surface area contributed by atoms with Crippen LogP contribution in [0.25, 0.3) is 0 Å². The summed E-state index contributed by atoms with van der Waals surface area (Å²) in [4.78, 5) is 30.2. The molecular formula is C22H29N3O3S. The smallest absolute Gasteiger partial charge is 0.407 e. The van der Waals surface area contributed by atoms with Crippen molar-refractivity contribution >= 4 is 23.3 Å². The fourth-order valence-electron chi connectivity index (χ4n) is 3.17. The predicted molar refractivity (Wildman–Crippen MR) is 115 cm³/mol. The number of carbonyl (C=O) groups excluding carboxylic acids is 2. The van der Waals surface area contributed by atoms with Crippen molar-refractivity contribution in [3.63, 3.8) is 0 Å². The molecule has 2 aromatic rings. The van der Waals surface area contributed by atoms with Gasteiger partial charge in [0.2, 0.25) is 0 Å². The molecule has 2 amide bonds. The molecule has 0 atom stereocenters. The van der Waals surface area contributed by atoms with Crippen LogP contribution in [0.5, 0.6) is 0 Å². The van der Waals surface area contributed by atoms with E-state index in [1.807, 2.05) is 49.9 Å². The monoisotopic (exact) mass is 415 g/mol. The highest BCUT2D eigenvalue weighted by Gasteiger charge is 2.22. The molecule has 0 saturated carbocycles. The number of benzene rings is 1. The molecular weight excluding hydrogens is 386 g/mol. The highest BCUT2D eigenvalue weighted by atomic mass is 32.1. The highest BCUT2D eigenvalue weighted by molar-refractivity contribution is 7.09. The second kappa shape index (κ2) is 9.41. The van der Waals surface area contributed by atoms with Crippen LogP contribution < -0.4 is 5.32 Å². The summed E-state index contributed by atoms with van der Waals surface area (Å²) < 4.78 is 5.23. The average Bonchev–Trinajstić information content (AvgIpc) is 3.19. The predicted octanol–water partition coefficient (Wildman–Crippen LogP) is 3.73. The van der Waals surface area contributed by atoms with Crippen molar-refractivity contribution in [2.24, 2.45) is 0 Å². The number of hydrogen-bond acceptors (Lipinski definition) is 5. The normalized spacial score (nSPS) is 15.2. The van der Waals surface area contributed by atoms with Crippen LogP contribution in [0.15, 0.2) is 41.8 Å². The summed E-state index contributed by atoms with van der Waals surface area (Å²) in [6.45, 7) is 10.1. The van der Waals surface area contributed by atoms with E-state index in [4.69, 9.17) is 4.74 Å². The van der Waals surface area contributed by atoms with Gasteiger partial charge in [-0.2, -0.15) is 0 Å². The van der Waals surface area contributed by atoms with E-state index in [0.717, 1.165) is 38.3 Å². The molecule has 6 nitrogen and oxygen atoms in total. The molecule has 1 saturated heterocycles. The first kappa shape index (κ1) is 21.3. The summed E-state index contributed by atoms with van der Waals surface area (Å²) >= 11 is 1.77. The van der Waals surface area contributed by atoms with Crippen LogP contribution >= 0.6 is 11.3 Å². The maximum atomic E-state index is 12.8. The number of nitrogens with one attached hydrogen (secondary N) is 1. The van der Waals surface area contributed by atoms with Gasteiger partial charge < -0.3 is 15.0 Å². The van der Waals surface area contributed by atoms with Crippen LogP contribution in [0.4, 0.5) is 4.79 Å². The first-order chi connectivity index (χ1) is 13.8. The Labute approximate surface area is 176 Å². The molecule has 1 aliphatic rings. The molecule has 156 valence electrons. The van der Waals surface area contributed by atoms with Gasteiger partial charge in [-0.05, 0) is 49.9 Å². The fraction of sp³-hybridized carbons (Fsp3) is 0.455. The summed E-state index contributed by atoms with van der Waals surface area (Å²) in [6, 6.07) is 11.6. The molecule has 0 unspecified atom stereocenters. The standard InChI is InChI=1S/C22H29N3O3S/c1-22(2,3)28-21(27)23-15-17-6-8-18(9-7-17)20(26)25-12-10-24(11-13-25)16-19-5-4-14-29-19/h4-9,14H,10-13,15-16H2,1-3H3,(H,23,27). The molecule has 0 radical (unpaired) electrons. The molecule has 0 bridgehead atoms. The van der Waals surface area contributed by atoms with Crippen LogP contribution in [-0.4, -0.2) is 53.6 Å². The number of carbonyl (C=O) groups is 2. The van der Waals surface area contributed by atoms with Crippen LogP contribution in [0.3, 0.4) is 0 Å². The van der Waals surface area contributed by atoms with Gasteiger partial charge in [0.25, 0.3) is 5.91 Å². The van der Waals surface area contributed by atoms with Crippen molar-refractivity contribution in [1.82, 2.24) is 15.1 Å². The van der Waals surface area contributed by atoms with E-state index in [0.29, 0.717) is 12.1 Å². The molecule has 1 N–H and O–H groups in total. The zero-order valence-electron chi connectivity index (χ0n) is 17.3. The summed E-state index contributed by atoms with van der Waals surface area (Å²) in [5.74, 6) is 0.0624. The van der Waals surface area contributed by atoms with Gasteiger partial charge in [0.05, 0.1) is 0 Å². The topological polar surface area (TPSA) is 61.9 Å². The minimum absolute atomic E-state index is 0.0624. The number of piperazine rings is 1. The summed E-state index contributed by atoms with van der Waals surface area (Å²) in [5.41, 5.74) is 1.08. The maximum Gasteiger partial charge on any atom is 0.407 e. The van der Waals surface area contributed by atoms with Gasteiger partial charge in [0.1, 0.15) is 5.60 Å². The van der Waals surface area contributed by atoms with Gasteiger partial charge in [0, 0.05) is 49.7 Å². The van der Waals surface area contributed by atoms with Gasteiger partial charge in [-0.3, -0.25) is 9.69 Å². The van der Waals surface area contributed by atoms with Crippen molar-refractivity contribution in [1.29, 1.82) is 0 Å². The van der Waals surface area contributed by atoms with Crippen molar-refractivity contribution in [3.05, 3.63) is 57.8 Å². The molecule has 1 aliphatic heterocycles. The zero-order chi connectivity index (χ0) is 20.9. The lowest BCUT2D eigenvalue weighted by atomic mass is 10.1. The SMILES string of the molecule is CC(C)(C)OC(=O)NCc1ccc(C(=O)N2CCN(Cc3cccs3)CC2)cc1. The Balaban J connectivity index is 1.46. The second-order valence-electron chi connectivity index (χ2n) is 8.20. The van der Waals surface area contributed by atoms with Gasteiger partial charge in [-0.15, -0.1) is 11.3 Å². The van der Waals surface area contributed by atoms with Gasteiger partial charge in [-0.25, -0.2) is 4.79 Å². The minimum atomic E-state index is -0.520. The first-order valence-corrected chi connectivity index (χ1v) is 10.8. The number of thiophene rings is 1. The van der Waals surface area contributed by atoms with Crippen LogP contribution in [0.2, 0.25) is 0 Å². The molecule has 1 fully saturated rings. The number of alkyl carbamates (subject to hydrolysis) is 1.